The highest BCUT2D eigenvalue weighted by molar-refractivity contribution is 7.91. The van der Waals surface area contributed by atoms with Crippen molar-refractivity contribution in [3.05, 3.63) is 57.5 Å². The molecule has 0 spiro atoms. The molecule has 1 N–H and O–H groups in total. The average Bonchev–Trinajstić information content (AvgIpc) is 2.62. The minimum absolute atomic E-state index is 0.00637. The molecule has 0 fully saturated rings. The van der Waals surface area contributed by atoms with E-state index in [1.807, 2.05) is 0 Å². The van der Waals surface area contributed by atoms with E-state index in [1.165, 1.54) is 18.2 Å². The van der Waals surface area contributed by atoms with Gasteiger partial charge in [0.25, 0.3) is 5.91 Å². The van der Waals surface area contributed by atoms with E-state index in [4.69, 9.17) is 39.5 Å². The van der Waals surface area contributed by atoms with Gasteiger partial charge < -0.3 is 10.1 Å². The number of amides is 1. The van der Waals surface area contributed by atoms with E-state index in [0.717, 1.165) is 0 Å². The normalized spacial score (nSPS) is 11.1. The van der Waals surface area contributed by atoms with Gasteiger partial charge in [-0.3, -0.25) is 9.59 Å². The number of esters is 1. The SMILES string of the molecule is O=C(COC(=O)CCS(=O)(=O)c1cc(Cl)ccc1Cl)Nc1ccccc1Cl. The Balaban J connectivity index is 1.86. The average molecular weight is 451 g/mol. The summed E-state index contributed by atoms with van der Waals surface area (Å²) in [4.78, 5) is 23.4. The number of carbonyl (C=O) groups excluding carboxylic acids is 2. The zero-order chi connectivity index (χ0) is 20.0. The number of ether oxygens (including phenoxy) is 1. The number of halogens is 3. The minimum atomic E-state index is -3.84. The number of anilines is 1. The molecule has 0 radical (unpaired) electrons. The van der Waals surface area contributed by atoms with Gasteiger partial charge in [-0.05, 0) is 30.3 Å². The van der Waals surface area contributed by atoms with Crippen molar-refractivity contribution in [1.29, 1.82) is 0 Å². The highest BCUT2D eigenvalue weighted by Crippen LogP contribution is 2.26. The van der Waals surface area contributed by atoms with Gasteiger partial charge >= 0.3 is 5.97 Å². The zero-order valence-electron chi connectivity index (χ0n) is 13.7. The van der Waals surface area contributed by atoms with Crippen molar-refractivity contribution in [1.82, 2.24) is 0 Å². The summed E-state index contributed by atoms with van der Waals surface area (Å²) in [5.41, 5.74) is 0.374. The Kier molecular flexibility index (Phi) is 7.49. The van der Waals surface area contributed by atoms with Crippen LogP contribution in [0.3, 0.4) is 0 Å². The number of rotatable bonds is 7. The van der Waals surface area contributed by atoms with Crippen LogP contribution >= 0.6 is 34.8 Å². The number of benzene rings is 2. The van der Waals surface area contributed by atoms with E-state index in [2.05, 4.69) is 5.32 Å². The second-order valence-corrected chi connectivity index (χ2v) is 8.66. The van der Waals surface area contributed by atoms with Crippen LogP contribution in [-0.2, 0) is 24.2 Å². The third-order valence-electron chi connectivity index (χ3n) is 3.32. The van der Waals surface area contributed by atoms with Gasteiger partial charge in [-0.25, -0.2) is 8.42 Å². The fourth-order valence-electron chi connectivity index (χ4n) is 2.01. The van der Waals surface area contributed by atoms with E-state index in [1.54, 1.807) is 24.3 Å². The number of hydrogen-bond acceptors (Lipinski definition) is 5. The molecule has 0 aliphatic carbocycles. The highest BCUT2D eigenvalue weighted by atomic mass is 35.5. The second-order valence-electron chi connectivity index (χ2n) is 5.33. The molecule has 0 heterocycles. The van der Waals surface area contributed by atoms with Crippen molar-refractivity contribution >= 4 is 62.2 Å². The minimum Gasteiger partial charge on any atom is -0.456 e. The van der Waals surface area contributed by atoms with Crippen molar-refractivity contribution in [2.45, 2.75) is 11.3 Å². The molecular weight excluding hydrogens is 437 g/mol. The van der Waals surface area contributed by atoms with Crippen LogP contribution in [0.2, 0.25) is 15.1 Å². The Labute approximate surface area is 171 Å². The first-order valence-corrected chi connectivity index (χ1v) is 10.4. The molecule has 0 unspecified atom stereocenters. The number of carbonyl (C=O) groups is 2. The third kappa shape index (κ3) is 6.39. The molecule has 144 valence electrons. The van der Waals surface area contributed by atoms with Crippen LogP contribution in [0, 0.1) is 0 Å². The second kappa shape index (κ2) is 9.41. The molecule has 2 aromatic carbocycles. The first-order valence-electron chi connectivity index (χ1n) is 7.57. The van der Waals surface area contributed by atoms with Gasteiger partial charge in [0.15, 0.2) is 16.4 Å². The lowest BCUT2D eigenvalue weighted by molar-refractivity contribution is -0.146. The van der Waals surface area contributed by atoms with Crippen LogP contribution in [0.1, 0.15) is 6.42 Å². The van der Waals surface area contributed by atoms with E-state index >= 15 is 0 Å². The summed E-state index contributed by atoms with van der Waals surface area (Å²) in [6.45, 7) is -0.567. The molecule has 2 rings (SSSR count). The van der Waals surface area contributed by atoms with Gasteiger partial charge in [-0.15, -0.1) is 0 Å². The number of hydrogen-bond donors (Lipinski definition) is 1. The molecule has 0 atom stereocenters. The summed E-state index contributed by atoms with van der Waals surface area (Å²) in [7, 11) is -3.84. The maximum absolute atomic E-state index is 12.3. The van der Waals surface area contributed by atoms with E-state index < -0.39 is 40.5 Å². The Hall–Kier alpha value is -1.80. The smallest absolute Gasteiger partial charge is 0.307 e. The third-order valence-corrected chi connectivity index (χ3v) is 6.07. The molecule has 0 aromatic heterocycles. The monoisotopic (exact) mass is 449 g/mol. The molecule has 0 saturated heterocycles. The Morgan fingerprint density at radius 3 is 2.41 bits per heavy atom. The Morgan fingerprint density at radius 1 is 1.00 bits per heavy atom. The molecular formula is C17H14Cl3NO5S. The largest absolute Gasteiger partial charge is 0.456 e. The Morgan fingerprint density at radius 2 is 1.70 bits per heavy atom. The number of nitrogens with one attached hydrogen (secondary N) is 1. The van der Waals surface area contributed by atoms with Crippen molar-refractivity contribution in [3.63, 3.8) is 0 Å². The van der Waals surface area contributed by atoms with Gasteiger partial charge in [-0.1, -0.05) is 46.9 Å². The van der Waals surface area contributed by atoms with Crippen molar-refractivity contribution in [2.24, 2.45) is 0 Å². The summed E-state index contributed by atoms with van der Waals surface area (Å²) in [5, 5.41) is 3.03. The first kappa shape index (κ1) is 21.5. The van der Waals surface area contributed by atoms with E-state index in [0.29, 0.717) is 10.7 Å². The van der Waals surface area contributed by atoms with Gasteiger partial charge in [0.2, 0.25) is 0 Å². The predicted octanol–water partition coefficient (Wildman–Crippen LogP) is 3.99. The van der Waals surface area contributed by atoms with E-state index in [-0.39, 0.29) is 14.9 Å². The predicted molar refractivity (Wildman–Crippen MR) is 104 cm³/mol. The molecule has 0 saturated carbocycles. The van der Waals surface area contributed by atoms with Crippen LogP contribution in [0.5, 0.6) is 0 Å². The lowest BCUT2D eigenvalue weighted by Crippen LogP contribution is -2.22. The molecule has 2 aromatic rings. The van der Waals surface area contributed by atoms with Crippen LogP contribution in [0.25, 0.3) is 0 Å². The van der Waals surface area contributed by atoms with Crippen molar-refractivity contribution in [3.8, 4) is 0 Å². The number of para-hydroxylation sites is 1. The molecule has 0 bridgehead atoms. The lowest BCUT2D eigenvalue weighted by atomic mass is 10.3. The summed E-state index contributed by atoms with van der Waals surface area (Å²) >= 11 is 17.6. The first-order chi connectivity index (χ1) is 12.7. The van der Waals surface area contributed by atoms with Gasteiger partial charge in [-0.2, -0.15) is 0 Å². The lowest BCUT2D eigenvalue weighted by Gasteiger charge is -2.09. The van der Waals surface area contributed by atoms with Crippen molar-refractivity contribution < 1.29 is 22.7 Å². The molecule has 0 aliphatic rings. The summed E-state index contributed by atoms with van der Waals surface area (Å²) in [5.74, 6) is -1.97. The molecule has 27 heavy (non-hydrogen) atoms. The van der Waals surface area contributed by atoms with Gasteiger partial charge in [0.05, 0.1) is 32.8 Å². The molecule has 0 aliphatic heterocycles. The molecule has 1 amide bonds. The van der Waals surface area contributed by atoms with Crippen LogP contribution in [0.15, 0.2) is 47.4 Å². The molecule has 10 heteroatoms. The van der Waals surface area contributed by atoms with Crippen LogP contribution in [-0.4, -0.2) is 32.7 Å². The quantitative estimate of drug-likeness (QED) is 0.644. The van der Waals surface area contributed by atoms with Gasteiger partial charge in [0.1, 0.15) is 0 Å². The maximum atomic E-state index is 12.3. The van der Waals surface area contributed by atoms with Gasteiger partial charge in [0, 0.05) is 5.02 Å². The van der Waals surface area contributed by atoms with Crippen molar-refractivity contribution in [2.75, 3.05) is 17.7 Å². The fraction of sp³-hybridized carbons (Fsp3) is 0.176. The van der Waals surface area contributed by atoms with Crippen LogP contribution in [0.4, 0.5) is 5.69 Å². The highest BCUT2D eigenvalue weighted by Gasteiger charge is 2.21. The number of sulfone groups is 1. The topological polar surface area (TPSA) is 89.5 Å². The zero-order valence-corrected chi connectivity index (χ0v) is 16.8. The summed E-state index contributed by atoms with van der Waals surface area (Å²) in [6.07, 6.45) is -0.440. The summed E-state index contributed by atoms with van der Waals surface area (Å²) < 4.78 is 29.3. The maximum Gasteiger partial charge on any atom is 0.307 e. The molecule has 6 nitrogen and oxygen atoms in total. The summed E-state index contributed by atoms with van der Waals surface area (Å²) in [6, 6.07) is 10.6. The fourth-order valence-corrected chi connectivity index (χ4v) is 4.23. The Bertz CT molecular complexity index is 963. The van der Waals surface area contributed by atoms with Crippen LogP contribution < -0.4 is 5.32 Å². The standard InChI is InChI=1S/C17H14Cl3NO5S/c18-11-5-6-13(20)15(9-11)27(24,25)8-7-17(23)26-10-16(22)21-14-4-2-1-3-12(14)19/h1-6,9H,7-8,10H2,(H,21,22). The van der Waals surface area contributed by atoms with E-state index in [9.17, 15) is 18.0 Å².